The van der Waals surface area contributed by atoms with E-state index in [9.17, 15) is 9.59 Å². The number of rotatable bonds is 2. The van der Waals surface area contributed by atoms with E-state index in [1.165, 1.54) is 0 Å². The highest BCUT2D eigenvalue weighted by Crippen LogP contribution is 2.35. The highest BCUT2D eigenvalue weighted by Gasteiger charge is 2.41. The van der Waals surface area contributed by atoms with Crippen molar-refractivity contribution in [2.75, 3.05) is 26.7 Å². The predicted molar refractivity (Wildman–Crippen MR) is 102 cm³/mol. The molecule has 0 atom stereocenters. The fourth-order valence-electron chi connectivity index (χ4n) is 3.88. The number of amides is 2. The Balaban J connectivity index is 1.51. The molecule has 2 aromatic rings. The van der Waals surface area contributed by atoms with Crippen LogP contribution in [0.15, 0.2) is 24.4 Å². The minimum atomic E-state index is -0.518. The largest absolute Gasteiger partial charge is 0.497 e. The summed E-state index contributed by atoms with van der Waals surface area (Å²) in [4.78, 5) is 27.2. The number of aryl methyl sites for hydroxylation is 2. The molecule has 8 heteroatoms. The SMILES string of the molecule is COc1ccc2c(c1)C(=O)NCC1(CCN(C(=O)c3cn(C)nc3C)CC1)O2. The number of carbonyl (C=O) groups is 2. The maximum absolute atomic E-state index is 12.8. The molecule has 1 aromatic carbocycles. The van der Waals surface area contributed by atoms with Crippen LogP contribution in [0.3, 0.4) is 0 Å². The third-order valence-corrected chi connectivity index (χ3v) is 5.53. The number of nitrogens with zero attached hydrogens (tertiary/aromatic N) is 3. The molecule has 0 aliphatic carbocycles. The summed E-state index contributed by atoms with van der Waals surface area (Å²) in [5.41, 5.74) is 1.32. The number of benzene rings is 1. The third kappa shape index (κ3) is 3.19. The van der Waals surface area contributed by atoms with Gasteiger partial charge < -0.3 is 19.7 Å². The molecule has 1 spiro atoms. The normalized spacial score (nSPS) is 18.1. The first kappa shape index (κ1) is 18.3. The van der Waals surface area contributed by atoms with Gasteiger partial charge in [-0.05, 0) is 25.1 Å². The number of piperidine rings is 1. The topological polar surface area (TPSA) is 85.7 Å². The first-order valence-corrected chi connectivity index (χ1v) is 9.35. The summed E-state index contributed by atoms with van der Waals surface area (Å²) >= 11 is 0. The molecule has 2 amide bonds. The van der Waals surface area contributed by atoms with Crippen molar-refractivity contribution >= 4 is 11.8 Å². The lowest BCUT2D eigenvalue weighted by molar-refractivity contribution is 0.00767. The molecule has 28 heavy (non-hydrogen) atoms. The number of ether oxygens (including phenoxy) is 2. The Labute approximate surface area is 163 Å². The van der Waals surface area contributed by atoms with Gasteiger partial charge in [-0.15, -0.1) is 0 Å². The van der Waals surface area contributed by atoms with Crippen LogP contribution in [-0.2, 0) is 7.05 Å². The first-order valence-electron chi connectivity index (χ1n) is 9.35. The summed E-state index contributed by atoms with van der Waals surface area (Å²) in [6.07, 6.45) is 3.04. The molecular weight excluding hydrogens is 360 g/mol. The number of nitrogens with one attached hydrogen (secondary N) is 1. The molecule has 1 saturated heterocycles. The number of hydrogen-bond acceptors (Lipinski definition) is 5. The van der Waals surface area contributed by atoms with E-state index in [-0.39, 0.29) is 11.8 Å². The summed E-state index contributed by atoms with van der Waals surface area (Å²) in [6.45, 7) is 3.38. The number of carbonyl (C=O) groups excluding carboxylic acids is 2. The highest BCUT2D eigenvalue weighted by molar-refractivity contribution is 5.98. The molecule has 1 N–H and O–H groups in total. The van der Waals surface area contributed by atoms with Crippen LogP contribution < -0.4 is 14.8 Å². The van der Waals surface area contributed by atoms with E-state index in [1.807, 2.05) is 18.9 Å². The molecular formula is C20H24N4O4. The molecule has 148 valence electrons. The molecule has 3 heterocycles. The summed E-state index contributed by atoms with van der Waals surface area (Å²) in [7, 11) is 3.37. The smallest absolute Gasteiger partial charge is 0.257 e. The van der Waals surface area contributed by atoms with Crippen molar-refractivity contribution in [3.8, 4) is 11.5 Å². The minimum Gasteiger partial charge on any atom is -0.497 e. The highest BCUT2D eigenvalue weighted by atomic mass is 16.5. The fraction of sp³-hybridized carbons (Fsp3) is 0.450. The van der Waals surface area contributed by atoms with Gasteiger partial charge >= 0.3 is 0 Å². The number of likely N-dealkylation sites (tertiary alicyclic amines) is 1. The van der Waals surface area contributed by atoms with Gasteiger partial charge in [0.15, 0.2) is 0 Å². The van der Waals surface area contributed by atoms with Crippen molar-refractivity contribution in [1.82, 2.24) is 20.0 Å². The van der Waals surface area contributed by atoms with E-state index in [0.717, 1.165) is 5.69 Å². The lowest BCUT2D eigenvalue weighted by atomic mass is 9.90. The van der Waals surface area contributed by atoms with Gasteiger partial charge in [0, 0.05) is 39.2 Å². The Morgan fingerprint density at radius 1 is 1.32 bits per heavy atom. The fourth-order valence-corrected chi connectivity index (χ4v) is 3.88. The zero-order valence-corrected chi connectivity index (χ0v) is 16.3. The van der Waals surface area contributed by atoms with E-state index < -0.39 is 5.60 Å². The number of fused-ring (bicyclic) bond motifs is 1. The molecule has 2 aliphatic heterocycles. The van der Waals surface area contributed by atoms with Gasteiger partial charge in [-0.1, -0.05) is 0 Å². The van der Waals surface area contributed by atoms with E-state index >= 15 is 0 Å². The van der Waals surface area contributed by atoms with Gasteiger partial charge in [0.1, 0.15) is 17.1 Å². The van der Waals surface area contributed by atoms with Gasteiger partial charge in [0.25, 0.3) is 11.8 Å². The Kier molecular flexibility index (Phi) is 4.49. The number of methoxy groups -OCH3 is 1. The Morgan fingerprint density at radius 2 is 2.07 bits per heavy atom. The van der Waals surface area contributed by atoms with Crippen LogP contribution in [-0.4, -0.2) is 58.8 Å². The Hall–Kier alpha value is -3.03. The van der Waals surface area contributed by atoms with Crippen molar-refractivity contribution in [1.29, 1.82) is 0 Å². The van der Waals surface area contributed by atoms with Crippen molar-refractivity contribution < 1.29 is 19.1 Å². The van der Waals surface area contributed by atoms with E-state index in [1.54, 1.807) is 36.2 Å². The zero-order valence-electron chi connectivity index (χ0n) is 16.3. The molecule has 1 fully saturated rings. The van der Waals surface area contributed by atoms with Gasteiger partial charge in [-0.2, -0.15) is 5.10 Å². The van der Waals surface area contributed by atoms with Crippen LogP contribution in [0.2, 0.25) is 0 Å². The number of hydrogen-bond donors (Lipinski definition) is 1. The summed E-state index contributed by atoms with van der Waals surface area (Å²) < 4.78 is 13.2. The van der Waals surface area contributed by atoms with Crippen molar-refractivity contribution in [3.63, 3.8) is 0 Å². The average molecular weight is 384 g/mol. The van der Waals surface area contributed by atoms with Crippen LogP contribution in [0.4, 0.5) is 0 Å². The lowest BCUT2D eigenvalue weighted by Gasteiger charge is -2.41. The molecule has 0 bridgehead atoms. The van der Waals surface area contributed by atoms with Crippen LogP contribution in [0.5, 0.6) is 11.5 Å². The molecule has 0 unspecified atom stereocenters. The van der Waals surface area contributed by atoms with Crippen molar-refractivity contribution in [2.24, 2.45) is 7.05 Å². The molecule has 4 rings (SSSR count). The molecule has 1 aromatic heterocycles. The van der Waals surface area contributed by atoms with Gasteiger partial charge in [-0.25, -0.2) is 0 Å². The molecule has 8 nitrogen and oxygen atoms in total. The monoisotopic (exact) mass is 384 g/mol. The predicted octanol–water partition coefficient (Wildman–Crippen LogP) is 1.53. The summed E-state index contributed by atoms with van der Waals surface area (Å²) in [5, 5.41) is 7.22. The van der Waals surface area contributed by atoms with Gasteiger partial charge in [-0.3, -0.25) is 14.3 Å². The number of aromatic nitrogens is 2. The van der Waals surface area contributed by atoms with Crippen molar-refractivity contribution in [3.05, 3.63) is 41.2 Å². The lowest BCUT2D eigenvalue weighted by Crippen LogP contribution is -2.54. The van der Waals surface area contributed by atoms with Gasteiger partial charge in [0.05, 0.1) is 30.5 Å². The van der Waals surface area contributed by atoms with Crippen LogP contribution >= 0.6 is 0 Å². The Bertz CT molecular complexity index is 928. The van der Waals surface area contributed by atoms with Crippen LogP contribution in [0, 0.1) is 6.92 Å². The van der Waals surface area contributed by atoms with E-state index in [2.05, 4.69) is 10.4 Å². The second-order valence-corrected chi connectivity index (χ2v) is 7.42. The minimum absolute atomic E-state index is 0.0109. The summed E-state index contributed by atoms with van der Waals surface area (Å²) in [5.74, 6) is 0.984. The molecule has 0 saturated carbocycles. The van der Waals surface area contributed by atoms with Crippen molar-refractivity contribution in [2.45, 2.75) is 25.4 Å². The zero-order chi connectivity index (χ0) is 19.9. The standard InChI is InChI=1S/C20H24N4O4/c1-13-16(11-23(2)22-13)19(26)24-8-6-20(7-9-24)12-21-18(25)15-10-14(27-3)4-5-17(15)28-20/h4-5,10-11H,6-9,12H2,1-3H3,(H,21,25). The van der Waals surface area contributed by atoms with E-state index in [0.29, 0.717) is 55.1 Å². The molecule has 0 radical (unpaired) electrons. The van der Waals surface area contributed by atoms with E-state index in [4.69, 9.17) is 9.47 Å². The second kappa shape index (κ2) is 6.85. The third-order valence-electron chi connectivity index (χ3n) is 5.53. The maximum atomic E-state index is 12.8. The second-order valence-electron chi connectivity index (χ2n) is 7.42. The summed E-state index contributed by atoms with van der Waals surface area (Å²) in [6, 6.07) is 5.25. The Morgan fingerprint density at radius 3 is 2.71 bits per heavy atom. The molecule has 2 aliphatic rings. The van der Waals surface area contributed by atoms with Gasteiger partial charge in [0.2, 0.25) is 0 Å². The average Bonchev–Trinajstić information content (AvgIpc) is 2.97. The maximum Gasteiger partial charge on any atom is 0.257 e. The first-order chi connectivity index (χ1) is 13.4. The van der Waals surface area contributed by atoms with Crippen LogP contribution in [0.1, 0.15) is 39.3 Å². The van der Waals surface area contributed by atoms with Crippen LogP contribution in [0.25, 0.3) is 0 Å². The quantitative estimate of drug-likeness (QED) is 0.849.